The summed E-state index contributed by atoms with van der Waals surface area (Å²) in [7, 11) is 3.39. The molecule has 0 unspecified atom stereocenters. The molecular formula is C104H170N2O8. The van der Waals surface area contributed by atoms with Gasteiger partial charge in [-0.3, -0.25) is 0 Å². The Morgan fingerprint density at radius 1 is 0.237 bits per heavy atom. The lowest BCUT2D eigenvalue weighted by atomic mass is 9.34. The van der Waals surface area contributed by atoms with Crippen molar-refractivity contribution in [3.63, 3.8) is 0 Å². The van der Waals surface area contributed by atoms with Crippen LogP contribution in [0, 0.1) is 22.7 Å². The van der Waals surface area contributed by atoms with Gasteiger partial charge in [0.2, 0.25) is 11.5 Å². The van der Waals surface area contributed by atoms with Gasteiger partial charge in [-0.1, -0.05) is 413 Å². The van der Waals surface area contributed by atoms with Crippen molar-refractivity contribution in [1.82, 2.24) is 0 Å². The van der Waals surface area contributed by atoms with Gasteiger partial charge in [0.25, 0.3) is 0 Å². The number of methoxy groups -OCH3 is 2. The zero-order chi connectivity index (χ0) is 81.3. The van der Waals surface area contributed by atoms with E-state index >= 15 is 0 Å². The molecule has 10 nitrogen and oxygen atoms in total. The summed E-state index contributed by atoms with van der Waals surface area (Å²) < 4.78 is 54.9. The highest BCUT2D eigenvalue weighted by Gasteiger charge is 2.74. The van der Waals surface area contributed by atoms with Crippen LogP contribution < -0.4 is 37.9 Å². The number of nitrogens with zero attached hydrogens (tertiary/aromatic N) is 2. The number of nitriles is 2. The number of ether oxygens (including phenoxy) is 8. The number of hydrogen-bond acceptors (Lipinski definition) is 10. The van der Waals surface area contributed by atoms with Gasteiger partial charge in [-0.15, -0.1) is 0 Å². The van der Waals surface area contributed by atoms with Crippen LogP contribution in [0.4, 0.5) is 0 Å². The highest BCUT2D eigenvalue weighted by Crippen LogP contribution is 2.74. The largest absolute Gasteiger partial charge is 0.497 e. The maximum atomic E-state index is 13.1. The van der Waals surface area contributed by atoms with Crippen LogP contribution >= 0.6 is 0 Å². The van der Waals surface area contributed by atoms with Gasteiger partial charge >= 0.3 is 0 Å². The van der Waals surface area contributed by atoms with Gasteiger partial charge in [-0.05, 0) is 109 Å². The van der Waals surface area contributed by atoms with Gasteiger partial charge in [-0.2, -0.15) is 10.5 Å². The van der Waals surface area contributed by atoms with Crippen LogP contribution in [-0.4, -0.2) is 53.9 Å². The summed E-state index contributed by atoms with van der Waals surface area (Å²) in [5, 5.41) is 26.2. The van der Waals surface area contributed by atoms with Crippen molar-refractivity contribution < 1.29 is 37.9 Å². The second-order valence-electron chi connectivity index (χ2n) is 34.2. The molecule has 0 heterocycles. The summed E-state index contributed by atoms with van der Waals surface area (Å²) in [5.74, 6) is 3.42. The molecule has 0 saturated heterocycles. The van der Waals surface area contributed by atoms with Gasteiger partial charge in [0, 0.05) is 11.8 Å². The van der Waals surface area contributed by atoms with Gasteiger partial charge in [0.15, 0.2) is 23.0 Å². The van der Waals surface area contributed by atoms with Crippen LogP contribution in [0.5, 0.6) is 46.0 Å². The van der Waals surface area contributed by atoms with Crippen molar-refractivity contribution in [3.05, 3.63) is 95.1 Å². The molecule has 4 aromatic rings. The molecule has 0 aliphatic heterocycles. The average molecular weight is 1580 g/mol. The molecule has 1 aliphatic rings. The molecule has 0 bridgehead atoms. The zero-order valence-electron chi connectivity index (χ0n) is 74.9. The van der Waals surface area contributed by atoms with Gasteiger partial charge in [0.05, 0.1) is 76.8 Å². The first-order chi connectivity index (χ1) is 56.3. The van der Waals surface area contributed by atoms with Crippen molar-refractivity contribution in [3.8, 4) is 58.1 Å². The maximum Gasteiger partial charge on any atom is 0.203 e. The Morgan fingerprint density at radius 2 is 0.404 bits per heavy atom. The highest BCUT2D eigenvalue weighted by atomic mass is 16.5. The van der Waals surface area contributed by atoms with Gasteiger partial charge in [0.1, 0.15) is 11.5 Å². The molecule has 0 atom stereocenters. The predicted octanol–water partition coefficient (Wildman–Crippen LogP) is 32.3. The van der Waals surface area contributed by atoms with Crippen LogP contribution in [0.3, 0.4) is 0 Å². The number of hydrogen-bond donors (Lipinski definition) is 0. The van der Waals surface area contributed by atoms with E-state index in [1.54, 1.807) is 14.2 Å². The molecule has 0 spiro atoms. The third-order valence-corrected chi connectivity index (χ3v) is 24.6. The zero-order valence-corrected chi connectivity index (χ0v) is 74.9. The molecular weight excluding hydrogens is 1410 g/mol. The van der Waals surface area contributed by atoms with E-state index in [-0.39, 0.29) is 0 Å². The normalized spacial score (nSPS) is 15.8. The van der Waals surface area contributed by atoms with Crippen molar-refractivity contribution in [2.75, 3.05) is 53.9 Å². The van der Waals surface area contributed by atoms with Crippen LogP contribution in [0.1, 0.15) is 461 Å². The van der Waals surface area contributed by atoms with E-state index in [4.69, 9.17) is 37.9 Å². The number of rotatable bonds is 78. The molecule has 1 fully saturated rings. The fraction of sp³-hybridized carbons (Fsp3) is 0.750. The van der Waals surface area contributed by atoms with Crippen molar-refractivity contribution in [2.24, 2.45) is 0 Å². The quantitative estimate of drug-likeness (QED) is 0.0395. The second-order valence-corrected chi connectivity index (χ2v) is 34.2. The smallest absolute Gasteiger partial charge is 0.203 e. The Bertz CT molecular complexity index is 2730. The minimum absolute atomic E-state index is 0.495. The molecule has 0 N–H and O–H groups in total. The standard InChI is InChI=1S/C104H170N2O8/c1-9-15-21-27-33-39-45-51-57-63-77-109-95-83-91(84-96(110-78-64-58-52-46-40-34-28-22-16-10-2)99(95)113-81-67-61-55-49-43-37-31-25-19-13-5)103(87-105)101(89-69-73-93(107-7)74-70-89)104(88-106,102(103)90-71-75-94(108-8)76-72-90)92-85-97(111-79-65-59-53-47-41-35-29-23-17-11-3)100(114-82-68-62-56-50-44-38-32-26-20-14-6)98(86-92)112-80-66-60-54-48-42-36-30-24-18-12-4/h69-76,83-86,101-102H,9-68,77-82H2,1-8H3. The average Bonchev–Trinajstić information content (AvgIpc) is 0.656. The minimum atomic E-state index is -1.42. The minimum Gasteiger partial charge on any atom is -0.497 e. The van der Waals surface area contributed by atoms with Crippen LogP contribution in [0.25, 0.3) is 0 Å². The SMILES string of the molecule is CCCCCCCCCCCCOc1cc(C2(C#N)C(c3ccc(OC)cc3)C(C#N)(c3cc(OCCCCCCCCCCCC)c(OCCCCCCCCCCCC)c(OCCCCCCCCCCCC)c3)C2c2ccc(OC)cc2)cc(OCCCCCCCCCCCC)c1OCCCCCCCCCCCC. The van der Waals surface area contributed by atoms with E-state index in [0.29, 0.717) is 85.6 Å². The summed E-state index contributed by atoms with van der Waals surface area (Å²) in [6.45, 7) is 16.8. The summed E-state index contributed by atoms with van der Waals surface area (Å²) in [5.41, 5.74) is 0.298. The van der Waals surface area contributed by atoms with E-state index < -0.39 is 22.7 Å². The first kappa shape index (κ1) is 98.8. The Balaban J connectivity index is 1.73. The molecule has 1 aliphatic carbocycles. The van der Waals surface area contributed by atoms with Gasteiger partial charge < -0.3 is 37.9 Å². The number of benzene rings is 4. The van der Waals surface area contributed by atoms with Crippen molar-refractivity contribution >= 4 is 0 Å². The molecule has 1 saturated carbocycles. The molecule has 5 rings (SSSR count). The first-order valence-electron chi connectivity index (χ1n) is 48.6. The Kier molecular flexibility index (Phi) is 56.5. The lowest BCUT2D eigenvalue weighted by Crippen LogP contribution is -2.65. The first-order valence-corrected chi connectivity index (χ1v) is 48.6. The monoisotopic (exact) mass is 1580 g/mol. The highest BCUT2D eigenvalue weighted by molar-refractivity contribution is 5.70. The van der Waals surface area contributed by atoms with E-state index in [1.807, 2.05) is 24.3 Å². The molecule has 10 heteroatoms. The van der Waals surface area contributed by atoms with Crippen LogP contribution in [0.15, 0.2) is 72.8 Å². The van der Waals surface area contributed by atoms with Crippen LogP contribution in [0.2, 0.25) is 0 Å². The summed E-state index contributed by atoms with van der Waals surface area (Å²) in [6.07, 6.45) is 73.2. The topological polar surface area (TPSA) is 121 Å². The summed E-state index contributed by atoms with van der Waals surface area (Å²) in [6, 6.07) is 31.0. The van der Waals surface area contributed by atoms with E-state index in [2.05, 4.69) is 102 Å². The molecule has 4 aromatic carbocycles. The van der Waals surface area contributed by atoms with E-state index in [9.17, 15) is 10.5 Å². The number of unbranched alkanes of at least 4 members (excludes halogenated alkanes) is 54. The van der Waals surface area contributed by atoms with Gasteiger partial charge in [-0.25, -0.2) is 0 Å². The summed E-state index contributed by atoms with van der Waals surface area (Å²) in [4.78, 5) is 0. The molecule has 0 radical (unpaired) electrons. The fourth-order valence-electron chi connectivity index (χ4n) is 17.6. The Labute approximate surface area is 700 Å². The Morgan fingerprint density at radius 3 is 0.570 bits per heavy atom. The summed E-state index contributed by atoms with van der Waals surface area (Å²) >= 11 is 0. The third kappa shape index (κ3) is 37.1. The molecule has 0 amide bonds. The predicted molar refractivity (Wildman–Crippen MR) is 483 cm³/mol. The van der Waals surface area contributed by atoms with E-state index in [1.165, 1.54) is 283 Å². The van der Waals surface area contributed by atoms with Crippen molar-refractivity contribution in [1.29, 1.82) is 10.5 Å². The van der Waals surface area contributed by atoms with Crippen molar-refractivity contribution in [2.45, 2.75) is 449 Å². The maximum absolute atomic E-state index is 13.1. The molecule has 644 valence electrons. The molecule has 114 heavy (non-hydrogen) atoms. The Hall–Kier alpha value is -5.74. The lowest BCUT2D eigenvalue weighted by Gasteiger charge is -2.63. The third-order valence-electron chi connectivity index (χ3n) is 24.6. The lowest BCUT2D eigenvalue weighted by molar-refractivity contribution is 0.0976. The fourth-order valence-corrected chi connectivity index (χ4v) is 17.6. The van der Waals surface area contributed by atoms with Crippen LogP contribution in [-0.2, 0) is 10.8 Å². The van der Waals surface area contributed by atoms with E-state index in [0.717, 1.165) is 125 Å². The molecule has 0 aromatic heterocycles. The second kappa shape index (κ2) is 65.2.